The first kappa shape index (κ1) is 25.0. The van der Waals surface area contributed by atoms with E-state index in [0.717, 1.165) is 38.2 Å². The number of guanidine groups is 1. The zero-order valence-electron chi connectivity index (χ0n) is 18.2. The van der Waals surface area contributed by atoms with Crippen LogP contribution < -0.4 is 16.0 Å². The van der Waals surface area contributed by atoms with Crippen LogP contribution in [0.4, 0.5) is 0 Å². The number of nitrogens with zero attached hydrogens (tertiary/aromatic N) is 2. The third-order valence-corrected chi connectivity index (χ3v) is 5.86. The summed E-state index contributed by atoms with van der Waals surface area (Å²) in [4.78, 5) is 19.3. The first-order chi connectivity index (χ1) is 14.3. The minimum Gasteiger partial charge on any atom is -0.468 e. The second-order valence-electron chi connectivity index (χ2n) is 8.11. The van der Waals surface area contributed by atoms with E-state index >= 15 is 0 Å². The van der Waals surface area contributed by atoms with Crippen LogP contribution in [0.15, 0.2) is 27.8 Å². The molecule has 1 aromatic rings. The van der Waals surface area contributed by atoms with Crippen molar-refractivity contribution in [2.75, 3.05) is 32.7 Å². The van der Waals surface area contributed by atoms with Crippen LogP contribution in [-0.2, 0) is 4.79 Å². The number of piperidine rings is 1. The molecule has 0 radical (unpaired) electrons. The van der Waals surface area contributed by atoms with E-state index in [1.54, 1.807) is 6.26 Å². The standard InChI is InChI=1S/C22H37N5O2.HI/c1-2-23-22(25-17-21(28)26-18-10-5-3-6-11-18)24-16-19(20-12-9-15-29-20)27-13-7-4-8-14-27;/h9,12,15,18-19H,2-8,10-11,13-14,16-17H2,1H3,(H,26,28)(H2,23,24,25);1H. The van der Waals surface area contributed by atoms with E-state index in [2.05, 4.69) is 25.8 Å². The third-order valence-electron chi connectivity index (χ3n) is 5.86. The van der Waals surface area contributed by atoms with E-state index in [9.17, 15) is 4.79 Å². The van der Waals surface area contributed by atoms with E-state index < -0.39 is 0 Å². The van der Waals surface area contributed by atoms with Crippen molar-refractivity contribution < 1.29 is 9.21 Å². The molecular formula is C22H38IN5O2. The lowest BCUT2D eigenvalue weighted by atomic mass is 9.95. The maximum absolute atomic E-state index is 12.3. The molecule has 1 atom stereocenters. The van der Waals surface area contributed by atoms with Crippen molar-refractivity contribution in [3.05, 3.63) is 24.2 Å². The van der Waals surface area contributed by atoms with Crippen LogP contribution in [0.1, 0.15) is 70.1 Å². The third kappa shape index (κ3) is 8.09. The van der Waals surface area contributed by atoms with Gasteiger partial charge in [-0.15, -0.1) is 24.0 Å². The molecule has 1 unspecified atom stereocenters. The zero-order valence-corrected chi connectivity index (χ0v) is 20.5. The fourth-order valence-corrected chi connectivity index (χ4v) is 4.33. The summed E-state index contributed by atoms with van der Waals surface area (Å²) in [6, 6.07) is 4.48. The number of hydrogen-bond acceptors (Lipinski definition) is 4. The van der Waals surface area contributed by atoms with Crippen LogP contribution in [0.5, 0.6) is 0 Å². The number of carbonyl (C=O) groups excluding carboxylic acids is 1. The van der Waals surface area contributed by atoms with Crippen LogP contribution in [0.25, 0.3) is 0 Å². The molecule has 1 amide bonds. The Bertz CT molecular complexity index is 625. The first-order valence-corrected chi connectivity index (χ1v) is 11.3. The minimum absolute atomic E-state index is 0. The Balaban J connectivity index is 0.00000320. The summed E-state index contributed by atoms with van der Waals surface area (Å²) in [5.41, 5.74) is 0. The van der Waals surface area contributed by atoms with Gasteiger partial charge < -0.3 is 20.4 Å². The van der Waals surface area contributed by atoms with Gasteiger partial charge in [-0.25, -0.2) is 4.99 Å². The Labute approximate surface area is 197 Å². The number of aliphatic imine (C=N–C) groups is 1. The fourth-order valence-electron chi connectivity index (χ4n) is 4.33. The van der Waals surface area contributed by atoms with Gasteiger partial charge >= 0.3 is 0 Å². The average Bonchev–Trinajstić information content (AvgIpc) is 3.28. The van der Waals surface area contributed by atoms with Crippen LogP contribution in [-0.4, -0.2) is 55.5 Å². The molecule has 0 aromatic carbocycles. The van der Waals surface area contributed by atoms with E-state index in [4.69, 9.17) is 4.42 Å². The lowest BCUT2D eigenvalue weighted by Crippen LogP contribution is -2.45. The SMILES string of the molecule is CCNC(=NCC(=O)NC1CCCCC1)NCC(c1ccco1)N1CCCCC1.I. The largest absolute Gasteiger partial charge is 0.468 e. The minimum atomic E-state index is 0. The Kier molecular flexibility index (Phi) is 11.6. The molecule has 0 spiro atoms. The summed E-state index contributed by atoms with van der Waals surface area (Å²) < 4.78 is 5.72. The van der Waals surface area contributed by atoms with Crippen LogP contribution in [0.2, 0.25) is 0 Å². The van der Waals surface area contributed by atoms with Gasteiger partial charge in [0, 0.05) is 19.1 Å². The molecule has 170 valence electrons. The highest BCUT2D eigenvalue weighted by Gasteiger charge is 2.24. The monoisotopic (exact) mass is 531 g/mol. The summed E-state index contributed by atoms with van der Waals surface area (Å²) >= 11 is 0. The molecular weight excluding hydrogens is 493 g/mol. The van der Waals surface area contributed by atoms with Gasteiger partial charge in [0.2, 0.25) is 5.91 Å². The second kappa shape index (κ2) is 13.9. The van der Waals surface area contributed by atoms with Crippen LogP contribution >= 0.6 is 24.0 Å². The van der Waals surface area contributed by atoms with E-state index in [1.165, 1.54) is 38.5 Å². The number of nitrogens with one attached hydrogen (secondary N) is 3. The fraction of sp³-hybridized carbons (Fsp3) is 0.727. The molecule has 1 aliphatic heterocycles. The van der Waals surface area contributed by atoms with Gasteiger partial charge in [-0.1, -0.05) is 25.7 Å². The lowest BCUT2D eigenvalue weighted by Gasteiger charge is -2.33. The predicted octanol–water partition coefficient (Wildman–Crippen LogP) is 3.43. The first-order valence-electron chi connectivity index (χ1n) is 11.3. The highest BCUT2D eigenvalue weighted by Crippen LogP contribution is 2.24. The highest BCUT2D eigenvalue weighted by molar-refractivity contribution is 14.0. The molecule has 3 rings (SSSR count). The van der Waals surface area contributed by atoms with Gasteiger partial charge in [-0.3, -0.25) is 9.69 Å². The molecule has 2 aliphatic rings. The summed E-state index contributed by atoms with van der Waals surface area (Å²) in [5, 5.41) is 9.81. The summed E-state index contributed by atoms with van der Waals surface area (Å²) in [5.74, 6) is 1.66. The number of likely N-dealkylation sites (tertiary alicyclic amines) is 1. The van der Waals surface area contributed by atoms with Gasteiger partial charge in [0.1, 0.15) is 12.3 Å². The predicted molar refractivity (Wildman–Crippen MR) is 131 cm³/mol. The molecule has 1 aliphatic carbocycles. The quantitative estimate of drug-likeness (QED) is 0.272. The van der Waals surface area contributed by atoms with Crippen molar-refractivity contribution in [3.63, 3.8) is 0 Å². The van der Waals surface area contributed by atoms with Crippen molar-refractivity contribution in [1.29, 1.82) is 0 Å². The van der Waals surface area contributed by atoms with Gasteiger partial charge in [-0.2, -0.15) is 0 Å². The number of rotatable bonds is 8. The zero-order chi connectivity index (χ0) is 20.3. The smallest absolute Gasteiger partial charge is 0.242 e. The number of hydrogen-bond donors (Lipinski definition) is 3. The Morgan fingerprint density at radius 1 is 1.17 bits per heavy atom. The topological polar surface area (TPSA) is 81.9 Å². The van der Waals surface area contributed by atoms with Gasteiger partial charge in [-0.05, 0) is 57.8 Å². The van der Waals surface area contributed by atoms with Crippen molar-refractivity contribution >= 4 is 35.8 Å². The lowest BCUT2D eigenvalue weighted by molar-refractivity contribution is -0.120. The summed E-state index contributed by atoms with van der Waals surface area (Å²) in [6.07, 6.45) is 11.4. The second-order valence-corrected chi connectivity index (χ2v) is 8.11. The molecule has 30 heavy (non-hydrogen) atoms. The van der Waals surface area contributed by atoms with Gasteiger partial charge in [0.15, 0.2) is 5.96 Å². The number of carbonyl (C=O) groups is 1. The number of halogens is 1. The van der Waals surface area contributed by atoms with Gasteiger partial charge in [0.25, 0.3) is 0 Å². The van der Waals surface area contributed by atoms with E-state index in [-0.39, 0.29) is 42.5 Å². The van der Waals surface area contributed by atoms with Crippen molar-refractivity contribution in [1.82, 2.24) is 20.9 Å². The number of furan rings is 1. The van der Waals surface area contributed by atoms with Crippen molar-refractivity contribution in [2.24, 2.45) is 4.99 Å². The van der Waals surface area contributed by atoms with Gasteiger partial charge in [0.05, 0.1) is 12.3 Å². The Morgan fingerprint density at radius 2 is 1.90 bits per heavy atom. The molecule has 1 saturated carbocycles. The normalized spacial score (nSPS) is 19.6. The molecule has 7 nitrogen and oxygen atoms in total. The molecule has 8 heteroatoms. The Morgan fingerprint density at radius 3 is 2.57 bits per heavy atom. The molecule has 2 heterocycles. The van der Waals surface area contributed by atoms with E-state index in [0.29, 0.717) is 18.5 Å². The Hall–Kier alpha value is -1.29. The maximum atomic E-state index is 12.3. The highest BCUT2D eigenvalue weighted by atomic mass is 127. The van der Waals surface area contributed by atoms with Crippen molar-refractivity contribution in [3.8, 4) is 0 Å². The number of amides is 1. The average molecular weight is 531 g/mol. The summed E-state index contributed by atoms with van der Waals surface area (Å²) in [7, 11) is 0. The van der Waals surface area contributed by atoms with Crippen molar-refractivity contribution in [2.45, 2.75) is 70.4 Å². The maximum Gasteiger partial charge on any atom is 0.242 e. The molecule has 1 saturated heterocycles. The molecule has 2 fully saturated rings. The molecule has 3 N–H and O–H groups in total. The molecule has 0 bridgehead atoms. The molecule has 1 aromatic heterocycles. The van der Waals surface area contributed by atoms with Crippen LogP contribution in [0, 0.1) is 0 Å². The van der Waals surface area contributed by atoms with E-state index in [1.807, 2.05) is 19.1 Å². The summed E-state index contributed by atoms with van der Waals surface area (Å²) in [6.45, 7) is 5.82. The van der Waals surface area contributed by atoms with Crippen LogP contribution in [0.3, 0.4) is 0 Å².